The summed E-state index contributed by atoms with van der Waals surface area (Å²) in [5.74, 6) is -2.49. The lowest BCUT2D eigenvalue weighted by Crippen LogP contribution is -2.47. The van der Waals surface area contributed by atoms with Gasteiger partial charge in [-0.1, -0.05) is 44.2 Å². The van der Waals surface area contributed by atoms with Crippen molar-refractivity contribution in [2.75, 3.05) is 6.61 Å². The highest BCUT2D eigenvalue weighted by atomic mass is 16.5. The van der Waals surface area contributed by atoms with Gasteiger partial charge in [0.2, 0.25) is 5.91 Å². The third kappa shape index (κ3) is 4.34. The third-order valence-corrected chi connectivity index (χ3v) is 6.56. The number of ether oxygens (including phenoxy) is 2. The lowest BCUT2D eigenvalue weighted by atomic mass is 9.64. The Morgan fingerprint density at radius 2 is 1.93 bits per heavy atom. The average Bonchev–Trinajstić information content (AvgIpc) is 3.16. The van der Waals surface area contributed by atoms with E-state index in [0.717, 1.165) is 12.8 Å². The van der Waals surface area contributed by atoms with E-state index in [1.807, 2.05) is 0 Å². The summed E-state index contributed by atoms with van der Waals surface area (Å²) in [6, 6.07) is 6.33. The minimum Gasteiger partial charge on any atom is -0.481 e. The smallest absolute Gasteiger partial charge is 0.333 e. The molecule has 1 aromatic carbocycles. The van der Waals surface area contributed by atoms with Gasteiger partial charge in [-0.25, -0.2) is 4.79 Å². The summed E-state index contributed by atoms with van der Waals surface area (Å²) >= 11 is 0. The molecule has 8 nitrogen and oxygen atoms in total. The van der Waals surface area contributed by atoms with E-state index in [0.29, 0.717) is 5.56 Å². The number of carboxylic acids is 1. The highest BCUT2D eigenvalue weighted by Gasteiger charge is 2.61. The van der Waals surface area contributed by atoms with Crippen LogP contribution in [0.5, 0.6) is 0 Å². The molecule has 1 aromatic rings. The number of hydrogen-bond donors (Lipinski definition) is 3. The summed E-state index contributed by atoms with van der Waals surface area (Å²) in [4.78, 5) is 36.2. The minimum absolute atomic E-state index is 0.0362. The zero-order chi connectivity index (χ0) is 22.1. The molecule has 4 N–H and O–H groups in total. The molecular formula is C22H30N2O6. The fraction of sp³-hybridized carbons (Fsp3) is 0.591. The predicted molar refractivity (Wildman–Crippen MR) is 108 cm³/mol. The van der Waals surface area contributed by atoms with Gasteiger partial charge in [0.05, 0.1) is 30.8 Å². The van der Waals surface area contributed by atoms with Crippen molar-refractivity contribution < 1.29 is 29.0 Å². The van der Waals surface area contributed by atoms with Crippen LogP contribution in [0, 0.1) is 11.3 Å². The molecular weight excluding hydrogens is 388 g/mol. The maximum absolute atomic E-state index is 13.0. The number of benzene rings is 1. The number of rotatable bonds is 8. The van der Waals surface area contributed by atoms with Crippen LogP contribution < -0.4 is 11.1 Å². The van der Waals surface area contributed by atoms with E-state index in [4.69, 9.17) is 20.3 Å². The van der Waals surface area contributed by atoms with E-state index in [2.05, 4.69) is 26.1 Å². The van der Waals surface area contributed by atoms with Gasteiger partial charge >= 0.3 is 11.9 Å². The minimum atomic E-state index is -1.27. The number of esters is 1. The van der Waals surface area contributed by atoms with Gasteiger partial charge in [-0.2, -0.15) is 0 Å². The SMILES string of the molecule is CC12CCC(O1)C(C)(C)C2COC(=O)[C@H](NC(=O)[C@@H](N)CC(=O)O)c1ccccc1. The molecule has 2 aliphatic heterocycles. The standard InChI is InChI=1S/C22H30N2O6/c1-21(2)15(22(3)10-9-16(21)30-22)12-29-20(28)18(13-7-5-4-6-8-13)24-19(27)14(23)11-17(25)26/h4-8,14-16,18H,9-12,23H2,1-3H3,(H,24,27)(H,25,26)/t14-,15?,16?,18+,22?/m0/s1. The molecule has 3 unspecified atom stereocenters. The van der Waals surface area contributed by atoms with Gasteiger partial charge in [-0.3, -0.25) is 9.59 Å². The van der Waals surface area contributed by atoms with Crippen molar-refractivity contribution in [3.8, 4) is 0 Å². The molecule has 8 heteroatoms. The van der Waals surface area contributed by atoms with Crippen LogP contribution >= 0.6 is 0 Å². The van der Waals surface area contributed by atoms with Crippen molar-refractivity contribution in [2.24, 2.45) is 17.1 Å². The van der Waals surface area contributed by atoms with Crippen molar-refractivity contribution >= 4 is 17.8 Å². The predicted octanol–water partition coefficient (Wildman–Crippen LogP) is 1.78. The Balaban J connectivity index is 1.71. The molecule has 2 heterocycles. The summed E-state index contributed by atoms with van der Waals surface area (Å²) in [6.45, 7) is 6.49. The number of hydrogen-bond acceptors (Lipinski definition) is 6. The number of fused-ring (bicyclic) bond motifs is 2. The van der Waals surface area contributed by atoms with Crippen molar-refractivity contribution in [2.45, 2.75) is 63.8 Å². The van der Waals surface area contributed by atoms with Gasteiger partial charge < -0.3 is 25.6 Å². The molecule has 2 fully saturated rings. The highest BCUT2D eigenvalue weighted by molar-refractivity contribution is 5.90. The molecule has 5 atom stereocenters. The van der Waals surface area contributed by atoms with E-state index < -0.39 is 36.4 Å². The Bertz CT molecular complexity index is 806. The number of amides is 1. The van der Waals surface area contributed by atoms with Crippen LogP contribution in [-0.4, -0.2) is 47.3 Å². The van der Waals surface area contributed by atoms with Crippen LogP contribution in [0.2, 0.25) is 0 Å². The number of carboxylic acid groups (broad SMARTS) is 1. The first-order chi connectivity index (χ1) is 14.0. The zero-order valence-corrected chi connectivity index (χ0v) is 17.6. The van der Waals surface area contributed by atoms with E-state index in [1.165, 1.54) is 0 Å². The monoisotopic (exact) mass is 418 g/mol. The zero-order valence-electron chi connectivity index (χ0n) is 17.6. The number of nitrogens with one attached hydrogen (secondary N) is 1. The molecule has 2 bridgehead atoms. The highest BCUT2D eigenvalue weighted by Crippen LogP contribution is 2.57. The normalized spacial score (nSPS) is 28.5. The van der Waals surface area contributed by atoms with Gasteiger partial charge in [0, 0.05) is 5.92 Å². The molecule has 0 aromatic heterocycles. The van der Waals surface area contributed by atoms with Gasteiger partial charge in [0.1, 0.15) is 0 Å². The summed E-state index contributed by atoms with van der Waals surface area (Å²) in [6.07, 6.45) is 1.53. The summed E-state index contributed by atoms with van der Waals surface area (Å²) in [7, 11) is 0. The van der Waals surface area contributed by atoms with Gasteiger partial charge in [0.15, 0.2) is 6.04 Å². The fourth-order valence-electron chi connectivity index (χ4n) is 4.75. The summed E-state index contributed by atoms with van der Waals surface area (Å²) in [5, 5.41) is 11.4. The van der Waals surface area contributed by atoms with Crippen molar-refractivity contribution in [3.05, 3.63) is 35.9 Å². The first-order valence-electron chi connectivity index (χ1n) is 10.2. The number of aliphatic carboxylic acids is 1. The summed E-state index contributed by atoms with van der Waals surface area (Å²) in [5.41, 5.74) is 5.73. The molecule has 3 rings (SSSR count). The molecule has 164 valence electrons. The first-order valence-corrected chi connectivity index (χ1v) is 10.2. The van der Waals surface area contributed by atoms with Crippen LogP contribution in [-0.2, 0) is 23.9 Å². The Labute approximate surface area is 176 Å². The van der Waals surface area contributed by atoms with E-state index >= 15 is 0 Å². The number of nitrogens with two attached hydrogens (primary N) is 1. The van der Waals surface area contributed by atoms with Gasteiger partial charge in [0.25, 0.3) is 0 Å². The topological polar surface area (TPSA) is 128 Å². The van der Waals surface area contributed by atoms with Crippen molar-refractivity contribution in [3.63, 3.8) is 0 Å². The number of carbonyl (C=O) groups excluding carboxylic acids is 2. The molecule has 2 saturated heterocycles. The molecule has 0 spiro atoms. The lowest BCUT2D eigenvalue weighted by molar-refractivity contribution is -0.152. The quantitative estimate of drug-likeness (QED) is 0.549. The molecule has 1 amide bonds. The first kappa shape index (κ1) is 22.2. The van der Waals surface area contributed by atoms with Crippen LogP contribution in [0.1, 0.15) is 51.6 Å². The van der Waals surface area contributed by atoms with E-state index in [1.54, 1.807) is 30.3 Å². The number of carbonyl (C=O) groups is 3. The lowest BCUT2D eigenvalue weighted by Gasteiger charge is -2.38. The molecule has 0 radical (unpaired) electrons. The maximum Gasteiger partial charge on any atom is 0.333 e. The second-order valence-corrected chi connectivity index (χ2v) is 9.02. The average molecular weight is 418 g/mol. The van der Waals surface area contributed by atoms with Crippen molar-refractivity contribution in [1.29, 1.82) is 0 Å². The van der Waals surface area contributed by atoms with Gasteiger partial charge in [-0.05, 0) is 30.7 Å². The third-order valence-electron chi connectivity index (χ3n) is 6.56. The second-order valence-electron chi connectivity index (χ2n) is 9.02. The Morgan fingerprint density at radius 3 is 2.50 bits per heavy atom. The van der Waals surface area contributed by atoms with Gasteiger partial charge in [-0.15, -0.1) is 0 Å². The van der Waals surface area contributed by atoms with Crippen molar-refractivity contribution in [1.82, 2.24) is 5.32 Å². The molecule has 2 aliphatic rings. The van der Waals surface area contributed by atoms with Crippen LogP contribution in [0.25, 0.3) is 0 Å². The molecule has 0 aliphatic carbocycles. The largest absolute Gasteiger partial charge is 0.481 e. The summed E-state index contributed by atoms with van der Waals surface area (Å²) < 4.78 is 11.8. The van der Waals surface area contributed by atoms with Crippen LogP contribution in [0.3, 0.4) is 0 Å². The van der Waals surface area contributed by atoms with E-state index in [9.17, 15) is 14.4 Å². The molecule has 0 saturated carbocycles. The molecule has 30 heavy (non-hydrogen) atoms. The van der Waals surface area contributed by atoms with Crippen LogP contribution in [0.15, 0.2) is 30.3 Å². The Morgan fingerprint density at radius 1 is 1.27 bits per heavy atom. The van der Waals surface area contributed by atoms with Crippen LogP contribution in [0.4, 0.5) is 0 Å². The Hall–Kier alpha value is -2.45. The van der Waals surface area contributed by atoms with E-state index in [-0.39, 0.29) is 29.6 Å². The maximum atomic E-state index is 13.0. The Kier molecular flexibility index (Phi) is 6.19. The fourth-order valence-corrected chi connectivity index (χ4v) is 4.75. The second kappa shape index (κ2) is 8.35.